The average Bonchev–Trinajstić information content (AvgIpc) is 2.73. The molecule has 1 aromatic heterocycles. The van der Waals surface area contributed by atoms with E-state index in [-0.39, 0.29) is 5.82 Å². The number of allylic oxidation sites excluding steroid dienone is 1. The van der Waals surface area contributed by atoms with Crippen molar-refractivity contribution in [1.82, 2.24) is 4.98 Å². The third kappa shape index (κ3) is 7.84. The molecule has 0 saturated heterocycles. The molecule has 1 N–H and O–H groups in total. The molecule has 3 rings (SSSR count). The average molecular weight is 385 g/mol. The molecule has 1 fully saturated rings. The number of aromatic nitrogens is 1. The molecule has 28 heavy (non-hydrogen) atoms. The summed E-state index contributed by atoms with van der Waals surface area (Å²) in [4.78, 5) is 4.05. The number of rotatable bonds is 4. The smallest absolute Gasteiger partial charge is 0.146 e. The van der Waals surface area contributed by atoms with Gasteiger partial charge in [0.1, 0.15) is 5.82 Å². The monoisotopic (exact) mass is 384 g/mol. The molecule has 0 spiro atoms. The van der Waals surface area contributed by atoms with E-state index in [4.69, 9.17) is 0 Å². The third-order valence-corrected chi connectivity index (χ3v) is 4.98. The second kappa shape index (κ2) is 13.1. The van der Waals surface area contributed by atoms with E-state index in [9.17, 15) is 4.39 Å². The van der Waals surface area contributed by atoms with Crippen LogP contribution in [0.1, 0.15) is 77.3 Å². The minimum atomic E-state index is -0.272. The van der Waals surface area contributed by atoms with Gasteiger partial charge in [0.05, 0.1) is 17.6 Å². The fraction of sp³-hybridized carbons (Fsp3) is 0.480. The van der Waals surface area contributed by atoms with Crippen molar-refractivity contribution in [2.24, 2.45) is 5.92 Å². The largest absolute Gasteiger partial charge is 0.351 e. The SMILES string of the molecule is C=C(C)c1ccncc1Nc1ccc(C)cc1F.CC.CCC1CCCCC1. The molecule has 2 nitrogen and oxygen atoms in total. The van der Waals surface area contributed by atoms with Gasteiger partial charge in [-0.2, -0.15) is 0 Å². The maximum Gasteiger partial charge on any atom is 0.146 e. The maximum absolute atomic E-state index is 13.8. The second-order valence-electron chi connectivity index (χ2n) is 7.22. The highest BCUT2D eigenvalue weighted by molar-refractivity contribution is 5.76. The van der Waals surface area contributed by atoms with Crippen LogP contribution >= 0.6 is 0 Å². The zero-order valence-corrected chi connectivity index (χ0v) is 18.3. The number of aryl methyl sites for hydroxylation is 1. The number of anilines is 2. The molecular weight excluding hydrogens is 347 g/mol. The summed E-state index contributed by atoms with van der Waals surface area (Å²) in [6.07, 6.45) is 12.3. The Balaban J connectivity index is 0.000000327. The predicted octanol–water partition coefficient (Wildman–Crippen LogP) is 8.31. The fourth-order valence-corrected chi connectivity index (χ4v) is 3.33. The zero-order valence-electron chi connectivity index (χ0n) is 18.3. The van der Waals surface area contributed by atoms with Gasteiger partial charge >= 0.3 is 0 Å². The molecule has 1 saturated carbocycles. The lowest BCUT2D eigenvalue weighted by Crippen LogP contribution is -2.03. The number of halogens is 1. The van der Waals surface area contributed by atoms with E-state index >= 15 is 0 Å². The van der Waals surface area contributed by atoms with Crippen LogP contribution in [0.15, 0.2) is 43.2 Å². The topological polar surface area (TPSA) is 24.9 Å². The summed E-state index contributed by atoms with van der Waals surface area (Å²) >= 11 is 0. The summed E-state index contributed by atoms with van der Waals surface area (Å²) in [7, 11) is 0. The van der Waals surface area contributed by atoms with Gasteiger partial charge in [-0.25, -0.2) is 4.39 Å². The highest BCUT2D eigenvalue weighted by atomic mass is 19.1. The normalized spacial score (nSPS) is 13.5. The molecule has 1 aliphatic rings. The Hall–Kier alpha value is -2.16. The van der Waals surface area contributed by atoms with Crippen molar-refractivity contribution >= 4 is 16.9 Å². The van der Waals surface area contributed by atoms with Crippen LogP contribution < -0.4 is 5.32 Å². The van der Waals surface area contributed by atoms with Crippen molar-refractivity contribution in [2.75, 3.05) is 5.32 Å². The number of nitrogens with one attached hydrogen (secondary N) is 1. The first-order chi connectivity index (χ1) is 13.5. The van der Waals surface area contributed by atoms with Crippen LogP contribution in [0, 0.1) is 18.7 Å². The number of hydrogen-bond donors (Lipinski definition) is 1. The van der Waals surface area contributed by atoms with Crippen molar-refractivity contribution in [3.8, 4) is 0 Å². The van der Waals surface area contributed by atoms with Crippen LogP contribution in [-0.4, -0.2) is 4.98 Å². The summed E-state index contributed by atoms with van der Waals surface area (Å²) in [5.41, 5.74) is 3.94. The molecule has 0 amide bonds. The Morgan fingerprint density at radius 2 is 1.82 bits per heavy atom. The number of hydrogen-bond acceptors (Lipinski definition) is 2. The van der Waals surface area contributed by atoms with Crippen molar-refractivity contribution < 1.29 is 4.39 Å². The van der Waals surface area contributed by atoms with Gasteiger partial charge in [-0.15, -0.1) is 0 Å². The van der Waals surface area contributed by atoms with Gasteiger partial charge in [0.25, 0.3) is 0 Å². The second-order valence-corrected chi connectivity index (χ2v) is 7.22. The first-order valence-electron chi connectivity index (χ1n) is 10.6. The standard InChI is InChI=1S/C15H15FN2.C8H16.C2H6/c1-10(2)12-6-7-17-9-15(12)18-14-5-4-11(3)8-13(14)16;1-2-8-6-4-3-5-7-8;1-2/h4-9,18H,1H2,2-3H3;8H,2-7H2,1H3;1-2H3. The van der Waals surface area contributed by atoms with Crippen LogP contribution in [-0.2, 0) is 0 Å². The molecular formula is C25H37FN2. The quantitative estimate of drug-likeness (QED) is 0.573. The van der Waals surface area contributed by atoms with Crippen molar-refractivity contribution in [1.29, 1.82) is 0 Å². The Labute approximate surface area is 171 Å². The summed E-state index contributed by atoms with van der Waals surface area (Å²) in [6, 6.07) is 6.94. The van der Waals surface area contributed by atoms with E-state index < -0.39 is 0 Å². The maximum atomic E-state index is 13.8. The molecule has 1 heterocycles. The summed E-state index contributed by atoms with van der Waals surface area (Å²) in [5.74, 6) is 0.815. The Kier molecular flexibility index (Phi) is 11.2. The van der Waals surface area contributed by atoms with E-state index in [0.717, 1.165) is 28.3 Å². The van der Waals surface area contributed by atoms with E-state index in [0.29, 0.717) is 5.69 Å². The summed E-state index contributed by atoms with van der Waals surface area (Å²) < 4.78 is 13.8. The van der Waals surface area contributed by atoms with Gasteiger partial charge in [0, 0.05) is 11.8 Å². The molecule has 0 bridgehead atoms. The predicted molar refractivity (Wildman–Crippen MR) is 122 cm³/mol. The van der Waals surface area contributed by atoms with E-state index in [2.05, 4.69) is 23.8 Å². The summed E-state index contributed by atoms with van der Waals surface area (Å²) in [5, 5.41) is 3.05. The minimum Gasteiger partial charge on any atom is -0.351 e. The molecule has 3 heteroatoms. The molecule has 2 aromatic rings. The first kappa shape index (κ1) is 23.9. The zero-order chi connectivity index (χ0) is 20.9. The molecule has 1 aromatic carbocycles. The van der Waals surface area contributed by atoms with Crippen molar-refractivity contribution in [3.05, 3.63) is 60.2 Å². The molecule has 0 radical (unpaired) electrons. The Morgan fingerprint density at radius 3 is 2.36 bits per heavy atom. The van der Waals surface area contributed by atoms with Gasteiger partial charge < -0.3 is 5.32 Å². The molecule has 0 atom stereocenters. The highest BCUT2D eigenvalue weighted by Crippen LogP contribution is 2.27. The molecule has 154 valence electrons. The van der Waals surface area contributed by atoms with Gasteiger partial charge in [0.2, 0.25) is 0 Å². The molecule has 1 aliphatic carbocycles. The fourth-order valence-electron chi connectivity index (χ4n) is 3.33. The lowest BCUT2D eigenvalue weighted by Gasteiger charge is -2.18. The first-order valence-corrected chi connectivity index (χ1v) is 10.6. The van der Waals surface area contributed by atoms with E-state index in [1.54, 1.807) is 18.5 Å². The Bertz CT molecular complexity index is 718. The van der Waals surface area contributed by atoms with Crippen LogP contribution in [0.3, 0.4) is 0 Å². The number of benzene rings is 1. The van der Waals surface area contributed by atoms with Gasteiger partial charge in [0.15, 0.2) is 0 Å². The van der Waals surface area contributed by atoms with Gasteiger partial charge in [-0.1, -0.05) is 71.9 Å². The van der Waals surface area contributed by atoms with Crippen LogP contribution in [0.4, 0.5) is 15.8 Å². The van der Waals surface area contributed by atoms with Crippen LogP contribution in [0.5, 0.6) is 0 Å². The van der Waals surface area contributed by atoms with E-state index in [1.165, 1.54) is 44.6 Å². The van der Waals surface area contributed by atoms with Crippen molar-refractivity contribution in [2.45, 2.75) is 73.1 Å². The minimum absolute atomic E-state index is 0.272. The summed E-state index contributed by atoms with van der Waals surface area (Å²) in [6.45, 7) is 14.0. The number of pyridine rings is 1. The van der Waals surface area contributed by atoms with Gasteiger partial charge in [-0.3, -0.25) is 4.98 Å². The van der Waals surface area contributed by atoms with Gasteiger partial charge in [-0.05, 0) is 49.1 Å². The molecule has 0 aliphatic heterocycles. The van der Waals surface area contributed by atoms with E-state index in [1.807, 2.05) is 39.8 Å². The van der Waals surface area contributed by atoms with Crippen LogP contribution in [0.2, 0.25) is 0 Å². The van der Waals surface area contributed by atoms with Crippen molar-refractivity contribution in [3.63, 3.8) is 0 Å². The molecule has 0 unspecified atom stereocenters. The van der Waals surface area contributed by atoms with Crippen LogP contribution in [0.25, 0.3) is 5.57 Å². The lowest BCUT2D eigenvalue weighted by atomic mass is 9.88. The highest BCUT2D eigenvalue weighted by Gasteiger charge is 2.09. The lowest BCUT2D eigenvalue weighted by molar-refractivity contribution is 0.349. The Morgan fingerprint density at radius 1 is 1.14 bits per heavy atom. The third-order valence-electron chi connectivity index (χ3n) is 4.98. The number of nitrogens with zero attached hydrogens (tertiary/aromatic N) is 1.